The molecule has 0 saturated heterocycles. The maximum absolute atomic E-state index is 9.82. The van der Waals surface area contributed by atoms with Gasteiger partial charge in [-0.2, -0.15) is 0 Å². The second kappa shape index (κ2) is 1.79. The fourth-order valence-corrected chi connectivity index (χ4v) is 0.372. The van der Waals surface area contributed by atoms with Crippen molar-refractivity contribution in [2.24, 2.45) is 0 Å². The van der Waals surface area contributed by atoms with E-state index >= 15 is 0 Å². The molecule has 8 heavy (non-hydrogen) atoms. The lowest BCUT2D eigenvalue weighted by Gasteiger charge is -1.84. The van der Waals surface area contributed by atoms with E-state index in [9.17, 15) is 10.1 Å². The van der Waals surface area contributed by atoms with E-state index in [1.165, 1.54) is 6.20 Å². The van der Waals surface area contributed by atoms with E-state index in [1.54, 1.807) is 0 Å². The minimum atomic E-state index is -0.486. The van der Waals surface area contributed by atoms with Gasteiger partial charge >= 0.3 is 0 Å². The third-order valence-electron chi connectivity index (χ3n) is 0.763. The zero-order valence-corrected chi connectivity index (χ0v) is 3.96. The van der Waals surface area contributed by atoms with Crippen LogP contribution < -0.4 is 5.48 Å². The van der Waals surface area contributed by atoms with Gasteiger partial charge in [0.15, 0.2) is 6.61 Å². The summed E-state index contributed by atoms with van der Waals surface area (Å²) in [6.45, 7) is 0.0486. The molecule has 0 aromatic carbocycles. The highest BCUT2D eigenvalue weighted by Gasteiger charge is 2.14. The lowest BCUT2D eigenvalue weighted by atomic mass is 10.5. The third-order valence-corrected chi connectivity index (χ3v) is 0.763. The van der Waals surface area contributed by atoms with Crippen molar-refractivity contribution in [1.82, 2.24) is 5.48 Å². The van der Waals surface area contributed by atoms with Gasteiger partial charge in [0.25, 0.3) is 5.70 Å². The minimum absolute atomic E-state index is 0.0486. The smallest absolute Gasteiger partial charge is 0.267 e. The van der Waals surface area contributed by atoms with E-state index in [0.717, 1.165) is 0 Å². The molecule has 0 aromatic rings. The van der Waals surface area contributed by atoms with E-state index in [1.807, 2.05) is 0 Å². The number of hydrogen-bond donors (Lipinski definition) is 1. The van der Waals surface area contributed by atoms with Crippen LogP contribution in [0.2, 0.25) is 0 Å². The summed E-state index contributed by atoms with van der Waals surface area (Å²) in [5.74, 6) is 0. The summed E-state index contributed by atoms with van der Waals surface area (Å²) in [5, 5.41) is 9.82. The molecular weight excluding hydrogens is 112 g/mol. The lowest BCUT2D eigenvalue weighted by molar-refractivity contribution is -0.427. The summed E-state index contributed by atoms with van der Waals surface area (Å²) in [5.41, 5.74) is 2.31. The van der Waals surface area contributed by atoms with Crippen molar-refractivity contribution in [2.45, 2.75) is 0 Å². The maximum Gasteiger partial charge on any atom is 0.292 e. The van der Waals surface area contributed by atoms with Crippen LogP contribution >= 0.6 is 0 Å². The molecule has 1 aliphatic heterocycles. The first-order valence-corrected chi connectivity index (χ1v) is 2.01. The molecule has 0 radical (unpaired) electrons. The monoisotopic (exact) mass is 116 g/mol. The Bertz CT molecular complexity index is 141. The van der Waals surface area contributed by atoms with E-state index in [-0.39, 0.29) is 12.3 Å². The first-order valence-electron chi connectivity index (χ1n) is 2.01. The molecule has 1 rings (SSSR count). The average Bonchev–Trinajstić information content (AvgIpc) is 2.12. The summed E-state index contributed by atoms with van der Waals surface area (Å²) in [6, 6.07) is 0. The van der Waals surface area contributed by atoms with Crippen molar-refractivity contribution in [3.63, 3.8) is 0 Å². The minimum Gasteiger partial charge on any atom is -0.267 e. The van der Waals surface area contributed by atoms with E-state index in [4.69, 9.17) is 0 Å². The Balaban J connectivity index is 2.57. The van der Waals surface area contributed by atoms with Gasteiger partial charge in [-0.25, -0.2) is 0 Å². The summed E-state index contributed by atoms with van der Waals surface area (Å²) < 4.78 is 0. The van der Waals surface area contributed by atoms with Gasteiger partial charge in [0.1, 0.15) is 6.20 Å². The molecule has 0 aliphatic carbocycles. The largest absolute Gasteiger partial charge is 0.292 e. The van der Waals surface area contributed by atoms with Crippen molar-refractivity contribution >= 4 is 0 Å². The lowest BCUT2D eigenvalue weighted by Crippen LogP contribution is -2.00. The van der Waals surface area contributed by atoms with Crippen LogP contribution in [0.3, 0.4) is 0 Å². The van der Waals surface area contributed by atoms with Crippen LogP contribution in [0, 0.1) is 10.1 Å². The van der Waals surface area contributed by atoms with Crippen LogP contribution in [0.1, 0.15) is 0 Å². The molecule has 0 bridgehead atoms. The molecule has 1 aliphatic rings. The van der Waals surface area contributed by atoms with Gasteiger partial charge in [-0.3, -0.25) is 20.4 Å². The van der Waals surface area contributed by atoms with Crippen LogP contribution in [0.5, 0.6) is 0 Å². The molecule has 1 N–H and O–H groups in total. The normalized spacial score (nSPS) is 17.2. The quantitative estimate of drug-likeness (QED) is 0.375. The molecule has 5 nitrogen and oxygen atoms in total. The Hall–Kier alpha value is -1.10. The summed E-state index contributed by atoms with van der Waals surface area (Å²) >= 11 is 0. The number of hydroxylamine groups is 1. The van der Waals surface area contributed by atoms with Gasteiger partial charge < -0.3 is 0 Å². The highest BCUT2D eigenvalue weighted by molar-refractivity contribution is 4.91. The zero-order chi connectivity index (χ0) is 5.98. The van der Waals surface area contributed by atoms with Gasteiger partial charge in [-0.05, 0) is 0 Å². The summed E-state index contributed by atoms with van der Waals surface area (Å²) in [4.78, 5) is 13.8. The number of rotatable bonds is 1. The fraction of sp³-hybridized carbons (Fsp3) is 0.333. The van der Waals surface area contributed by atoms with Gasteiger partial charge in [-0.1, -0.05) is 0 Å². The molecule has 0 fully saturated rings. The van der Waals surface area contributed by atoms with Crippen molar-refractivity contribution < 1.29 is 9.76 Å². The molecule has 1 heterocycles. The van der Waals surface area contributed by atoms with Gasteiger partial charge in [-0.15, -0.1) is 0 Å². The van der Waals surface area contributed by atoms with Crippen molar-refractivity contribution in [3.8, 4) is 0 Å². The van der Waals surface area contributed by atoms with Gasteiger partial charge in [0, 0.05) is 0 Å². The standard InChI is InChI=1S/C3H4N2O3/c6-5(7)3-1-4-8-2-3/h1,4H,2H2. The topological polar surface area (TPSA) is 64.4 Å². The molecule has 0 aromatic heterocycles. The Morgan fingerprint density at radius 2 is 2.75 bits per heavy atom. The Morgan fingerprint density at radius 1 is 2.00 bits per heavy atom. The summed E-state index contributed by atoms with van der Waals surface area (Å²) in [7, 11) is 0. The van der Waals surface area contributed by atoms with Crippen LogP contribution in [0.25, 0.3) is 0 Å². The molecule has 0 amide bonds. The number of nitro groups is 1. The first kappa shape index (κ1) is 5.04. The first-order chi connectivity index (χ1) is 3.80. The molecule has 0 saturated carbocycles. The van der Waals surface area contributed by atoms with Gasteiger partial charge in [0.2, 0.25) is 0 Å². The molecule has 0 unspecified atom stereocenters. The zero-order valence-electron chi connectivity index (χ0n) is 3.96. The van der Waals surface area contributed by atoms with E-state index in [0.29, 0.717) is 0 Å². The highest BCUT2D eigenvalue weighted by atomic mass is 16.7. The second-order valence-corrected chi connectivity index (χ2v) is 1.30. The molecule has 0 atom stereocenters. The van der Waals surface area contributed by atoms with Crippen LogP contribution in [-0.4, -0.2) is 11.5 Å². The van der Waals surface area contributed by atoms with Crippen molar-refractivity contribution in [3.05, 3.63) is 22.0 Å². The predicted octanol–water partition coefficient (Wildman–Crippen LogP) is -0.361. The third kappa shape index (κ3) is 0.760. The Kier molecular flexibility index (Phi) is 1.13. The number of nitrogens with zero attached hydrogens (tertiary/aromatic N) is 1. The highest BCUT2D eigenvalue weighted by Crippen LogP contribution is 1.98. The predicted molar refractivity (Wildman–Crippen MR) is 24.2 cm³/mol. The Morgan fingerprint density at radius 3 is 3.00 bits per heavy atom. The fourth-order valence-electron chi connectivity index (χ4n) is 0.372. The Labute approximate surface area is 45.0 Å². The SMILES string of the molecule is O=[N+]([O-])C1=CNOC1. The number of nitrogens with one attached hydrogen (secondary N) is 1. The van der Waals surface area contributed by atoms with Crippen molar-refractivity contribution in [2.75, 3.05) is 6.61 Å². The molecule has 5 heteroatoms. The van der Waals surface area contributed by atoms with E-state index in [2.05, 4.69) is 10.3 Å². The molecule has 0 spiro atoms. The van der Waals surface area contributed by atoms with Crippen LogP contribution in [-0.2, 0) is 4.84 Å². The van der Waals surface area contributed by atoms with Crippen molar-refractivity contribution in [1.29, 1.82) is 0 Å². The maximum atomic E-state index is 9.82. The van der Waals surface area contributed by atoms with Crippen LogP contribution in [0.4, 0.5) is 0 Å². The van der Waals surface area contributed by atoms with Gasteiger partial charge in [0.05, 0.1) is 4.92 Å². The second-order valence-electron chi connectivity index (χ2n) is 1.30. The average molecular weight is 116 g/mol. The molecular formula is C3H4N2O3. The van der Waals surface area contributed by atoms with E-state index < -0.39 is 4.92 Å². The molecule has 44 valence electrons. The summed E-state index contributed by atoms with van der Waals surface area (Å²) in [6.07, 6.45) is 1.22. The van der Waals surface area contributed by atoms with Crippen LogP contribution in [0.15, 0.2) is 11.9 Å². The number of hydrogen-bond acceptors (Lipinski definition) is 4.